The number of nitrogens with zero attached hydrogens (tertiary/aromatic N) is 3. The zero-order chi connectivity index (χ0) is 19.7. The van der Waals surface area contributed by atoms with E-state index in [1.54, 1.807) is 29.3 Å². The maximum Gasteiger partial charge on any atom is 0.275 e. The minimum atomic E-state index is -3.14. The van der Waals surface area contributed by atoms with Crippen molar-refractivity contribution in [2.24, 2.45) is 0 Å². The molecule has 1 fully saturated rings. The molecule has 1 aromatic carbocycles. The Labute approximate surface area is 166 Å². The van der Waals surface area contributed by atoms with Crippen molar-refractivity contribution in [2.75, 3.05) is 11.5 Å². The topological polar surface area (TPSA) is 89.3 Å². The van der Waals surface area contributed by atoms with Gasteiger partial charge in [-0.25, -0.2) is 13.1 Å². The second-order valence-corrected chi connectivity index (χ2v) is 10.1. The van der Waals surface area contributed by atoms with Gasteiger partial charge in [0.25, 0.3) is 5.56 Å². The van der Waals surface area contributed by atoms with Gasteiger partial charge in [-0.15, -0.1) is 11.3 Å². The summed E-state index contributed by atoms with van der Waals surface area (Å²) in [6, 6.07) is 10.5. The van der Waals surface area contributed by atoms with E-state index < -0.39 is 9.84 Å². The smallest absolute Gasteiger partial charge is 0.275 e. The molecule has 0 bridgehead atoms. The number of amides is 1. The van der Waals surface area contributed by atoms with Gasteiger partial charge in [-0.2, -0.15) is 5.10 Å². The van der Waals surface area contributed by atoms with Gasteiger partial charge in [-0.05, 0) is 23.9 Å². The molecule has 4 rings (SSSR count). The summed E-state index contributed by atoms with van der Waals surface area (Å²) in [5.41, 5.74) is -0.332. The van der Waals surface area contributed by atoms with Crippen LogP contribution in [-0.4, -0.2) is 46.6 Å². The second-order valence-electron chi connectivity index (χ2n) is 6.85. The highest BCUT2D eigenvalue weighted by atomic mass is 32.2. The molecule has 0 N–H and O–H groups in total. The maximum absolute atomic E-state index is 13.1. The maximum atomic E-state index is 13.1. The van der Waals surface area contributed by atoms with E-state index in [0.29, 0.717) is 23.7 Å². The molecule has 1 atom stereocenters. The monoisotopic (exact) mass is 417 g/mol. The van der Waals surface area contributed by atoms with Crippen LogP contribution >= 0.6 is 11.3 Å². The standard InChI is InChI=1S/C19H19N3O4S2/c23-18(12-22-19(24)17-6-2-1-4-14(17)10-20-22)21(11-16-5-3-8-27-16)15-7-9-28(25,26)13-15/h1-6,8,10,15H,7,9,11-13H2/t15-/m0/s1. The Kier molecular flexibility index (Phi) is 5.03. The predicted molar refractivity (Wildman–Crippen MR) is 108 cm³/mol. The molecule has 1 amide bonds. The van der Waals surface area contributed by atoms with Crippen LogP contribution in [-0.2, 0) is 27.7 Å². The van der Waals surface area contributed by atoms with Crippen LogP contribution in [0.4, 0.5) is 0 Å². The SMILES string of the molecule is O=C(Cn1ncc2ccccc2c1=O)N(Cc1cccs1)[C@H]1CCS(=O)(=O)C1. The Balaban J connectivity index is 1.62. The van der Waals surface area contributed by atoms with Crippen molar-refractivity contribution in [3.8, 4) is 0 Å². The number of hydrogen-bond acceptors (Lipinski definition) is 6. The van der Waals surface area contributed by atoms with E-state index >= 15 is 0 Å². The van der Waals surface area contributed by atoms with E-state index in [0.717, 1.165) is 9.56 Å². The molecule has 0 spiro atoms. The molecule has 0 saturated carbocycles. The third kappa shape index (κ3) is 3.85. The summed E-state index contributed by atoms with van der Waals surface area (Å²) < 4.78 is 25.0. The van der Waals surface area contributed by atoms with Crippen LogP contribution in [0.3, 0.4) is 0 Å². The normalized spacial score (nSPS) is 18.4. The molecule has 1 aliphatic rings. The van der Waals surface area contributed by atoms with Crippen molar-refractivity contribution < 1.29 is 13.2 Å². The van der Waals surface area contributed by atoms with Gasteiger partial charge >= 0.3 is 0 Å². The summed E-state index contributed by atoms with van der Waals surface area (Å²) in [6.45, 7) is 0.116. The fraction of sp³-hybridized carbons (Fsp3) is 0.316. The first-order valence-corrected chi connectivity index (χ1v) is 11.6. The lowest BCUT2D eigenvalue weighted by Crippen LogP contribution is -2.43. The fourth-order valence-electron chi connectivity index (χ4n) is 3.47. The summed E-state index contributed by atoms with van der Waals surface area (Å²) in [5.74, 6) is -0.259. The number of carbonyl (C=O) groups is 1. The van der Waals surface area contributed by atoms with Gasteiger partial charge in [-0.1, -0.05) is 24.3 Å². The lowest BCUT2D eigenvalue weighted by molar-refractivity contribution is -0.134. The zero-order valence-electron chi connectivity index (χ0n) is 15.0. The highest BCUT2D eigenvalue weighted by Gasteiger charge is 2.35. The van der Waals surface area contributed by atoms with Gasteiger partial charge in [-0.3, -0.25) is 9.59 Å². The first kappa shape index (κ1) is 18.8. The third-order valence-corrected chi connectivity index (χ3v) is 7.53. The molecule has 0 radical (unpaired) electrons. The predicted octanol–water partition coefficient (Wildman–Crippen LogP) is 1.67. The first-order chi connectivity index (χ1) is 13.4. The van der Waals surface area contributed by atoms with Crippen LogP contribution in [0.2, 0.25) is 0 Å². The lowest BCUT2D eigenvalue weighted by Gasteiger charge is -2.28. The molecular formula is C19H19N3O4S2. The molecule has 3 aromatic rings. The van der Waals surface area contributed by atoms with E-state index in [1.807, 2.05) is 23.6 Å². The Hall–Kier alpha value is -2.52. The Bertz CT molecular complexity index is 1170. The summed E-state index contributed by atoms with van der Waals surface area (Å²) >= 11 is 1.51. The first-order valence-electron chi connectivity index (χ1n) is 8.90. The van der Waals surface area contributed by atoms with Gasteiger partial charge in [0, 0.05) is 16.3 Å². The van der Waals surface area contributed by atoms with Crippen LogP contribution in [0.15, 0.2) is 52.8 Å². The molecule has 1 aliphatic heterocycles. The van der Waals surface area contributed by atoms with Crippen LogP contribution in [0, 0.1) is 0 Å². The lowest BCUT2D eigenvalue weighted by atomic mass is 10.2. The molecule has 1 saturated heterocycles. The van der Waals surface area contributed by atoms with Gasteiger partial charge in [0.05, 0.1) is 29.6 Å². The molecular weight excluding hydrogens is 398 g/mol. The number of benzene rings is 1. The number of sulfone groups is 1. The van der Waals surface area contributed by atoms with E-state index in [4.69, 9.17) is 0 Å². The molecule has 9 heteroatoms. The third-order valence-electron chi connectivity index (χ3n) is 4.92. The van der Waals surface area contributed by atoms with Crippen molar-refractivity contribution in [1.29, 1.82) is 0 Å². The van der Waals surface area contributed by atoms with E-state index in [-0.39, 0.29) is 35.6 Å². The van der Waals surface area contributed by atoms with Crippen molar-refractivity contribution >= 4 is 37.9 Å². The molecule has 0 unspecified atom stereocenters. The summed E-state index contributed by atoms with van der Waals surface area (Å²) in [5, 5.41) is 7.25. The molecule has 3 heterocycles. The minimum absolute atomic E-state index is 0.0375. The summed E-state index contributed by atoms with van der Waals surface area (Å²) in [6.07, 6.45) is 1.98. The van der Waals surface area contributed by atoms with Crippen molar-refractivity contribution in [2.45, 2.75) is 25.6 Å². The number of fused-ring (bicyclic) bond motifs is 1. The number of aromatic nitrogens is 2. The second kappa shape index (κ2) is 7.48. The van der Waals surface area contributed by atoms with E-state index in [9.17, 15) is 18.0 Å². The minimum Gasteiger partial charge on any atom is -0.332 e. The number of carbonyl (C=O) groups excluding carboxylic acids is 1. The quantitative estimate of drug-likeness (QED) is 0.630. The van der Waals surface area contributed by atoms with Crippen molar-refractivity contribution in [3.05, 3.63) is 63.2 Å². The van der Waals surface area contributed by atoms with Crippen molar-refractivity contribution in [3.63, 3.8) is 0 Å². The Morgan fingerprint density at radius 2 is 2.07 bits per heavy atom. The number of rotatable bonds is 5. The molecule has 2 aromatic heterocycles. The van der Waals surface area contributed by atoms with E-state index in [2.05, 4.69) is 5.10 Å². The van der Waals surface area contributed by atoms with Crippen LogP contribution in [0.25, 0.3) is 10.8 Å². The molecule has 7 nitrogen and oxygen atoms in total. The highest BCUT2D eigenvalue weighted by molar-refractivity contribution is 7.91. The van der Waals surface area contributed by atoms with Gasteiger partial charge in [0.2, 0.25) is 5.91 Å². The largest absolute Gasteiger partial charge is 0.332 e. The fourth-order valence-corrected chi connectivity index (χ4v) is 5.91. The average molecular weight is 418 g/mol. The van der Waals surface area contributed by atoms with Gasteiger partial charge < -0.3 is 4.90 Å². The Morgan fingerprint density at radius 3 is 2.79 bits per heavy atom. The Morgan fingerprint density at radius 1 is 1.25 bits per heavy atom. The van der Waals surface area contributed by atoms with Crippen LogP contribution in [0.5, 0.6) is 0 Å². The van der Waals surface area contributed by atoms with E-state index in [1.165, 1.54) is 11.3 Å². The van der Waals surface area contributed by atoms with Gasteiger partial charge in [0.15, 0.2) is 9.84 Å². The highest BCUT2D eigenvalue weighted by Crippen LogP contribution is 2.22. The van der Waals surface area contributed by atoms with Crippen molar-refractivity contribution in [1.82, 2.24) is 14.7 Å². The van der Waals surface area contributed by atoms with Gasteiger partial charge in [0.1, 0.15) is 6.54 Å². The molecule has 0 aliphatic carbocycles. The average Bonchev–Trinajstić information content (AvgIpc) is 3.31. The van der Waals surface area contributed by atoms with Crippen LogP contribution < -0.4 is 5.56 Å². The molecule has 28 heavy (non-hydrogen) atoms. The zero-order valence-corrected chi connectivity index (χ0v) is 16.7. The molecule has 146 valence electrons. The summed E-state index contributed by atoms with van der Waals surface area (Å²) in [4.78, 5) is 28.3. The number of hydrogen-bond donors (Lipinski definition) is 0. The van der Waals surface area contributed by atoms with Crippen LogP contribution in [0.1, 0.15) is 11.3 Å². The summed E-state index contributed by atoms with van der Waals surface area (Å²) in [7, 11) is -3.14. The number of thiophene rings is 1.